The Bertz CT molecular complexity index is 336. The maximum absolute atomic E-state index is 12.2. The highest BCUT2D eigenvalue weighted by atomic mass is 16.4. The average molecular weight is 299 g/mol. The van der Waals surface area contributed by atoms with E-state index in [2.05, 4.69) is 24.1 Å². The van der Waals surface area contributed by atoms with Crippen LogP contribution < -0.4 is 5.32 Å². The van der Waals surface area contributed by atoms with Crippen LogP contribution in [0.5, 0.6) is 0 Å². The Labute approximate surface area is 127 Å². The van der Waals surface area contributed by atoms with Gasteiger partial charge in [0.25, 0.3) is 0 Å². The number of hydrogen-bond donors (Lipinski definition) is 2. The molecule has 0 aromatic rings. The summed E-state index contributed by atoms with van der Waals surface area (Å²) in [5.74, 6) is -0.834. The first-order valence-corrected chi connectivity index (χ1v) is 8.07. The number of aliphatic carboxylic acids is 1. The molecule has 1 aliphatic heterocycles. The molecule has 0 aromatic heterocycles. The van der Waals surface area contributed by atoms with Crippen molar-refractivity contribution in [3.05, 3.63) is 0 Å². The Morgan fingerprint density at radius 1 is 1.29 bits per heavy atom. The summed E-state index contributed by atoms with van der Waals surface area (Å²) >= 11 is 0. The number of carboxylic acid groups (broad SMARTS) is 1. The van der Waals surface area contributed by atoms with Crippen LogP contribution in [0.15, 0.2) is 0 Å². The van der Waals surface area contributed by atoms with Crippen LogP contribution in [0.2, 0.25) is 0 Å². The first kappa shape index (κ1) is 17.8. The lowest BCUT2D eigenvalue weighted by atomic mass is 10.00. The molecule has 1 saturated heterocycles. The van der Waals surface area contributed by atoms with E-state index in [4.69, 9.17) is 5.11 Å². The molecule has 0 spiro atoms. The van der Waals surface area contributed by atoms with E-state index in [1.165, 1.54) is 0 Å². The van der Waals surface area contributed by atoms with Crippen molar-refractivity contribution in [1.82, 2.24) is 15.1 Å². The fourth-order valence-corrected chi connectivity index (χ4v) is 2.85. The monoisotopic (exact) mass is 299 g/mol. The predicted molar refractivity (Wildman–Crippen MR) is 82.4 cm³/mol. The number of piperidine rings is 1. The van der Waals surface area contributed by atoms with Crippen LogP contribution in [0.4, 0.5) is 4.79 Å². The Kier molecular flexibility index (Phi) is 8.12. The van der Waals surface area contributed by atoms with E-state index >= 15 is 0 Å². The van der Waals surface area contributed by atoms with Crippen molar-refractivity contribution in [3.8, 4) is 0 Å². The van der Waals surface area contributed by atoms with Crippen LogP contribution in [-0.2, 0) is 4.79 Å². The normalized spacial score (nSPS) is 18.8. The third kappa shape index (κ3) is 6.33. The van der Waals surface area contributed by atoms with Gasteiger partial charge in [-0.25, -0.2) is 4.79 Å². The molecule has 6 heteroatoms. The molecular formula is C15H29N3O3. The first-order valence-electron chi connectivity index (χ1n) is 8.07. The van der Waals surface area contributed by atoms with Gasteiger partial charge in [0, 0.05) is 25.7 Å². The Hall–Kier alpha value is -1.30. The van der Waals surface area contributed by atoms with Gasteiger partial charge in [0.2, 0.25) is 0 Å². The van der Waals surface area contributed by atoms with Crippen molar-refractivity contribution in [3.63, 3.8) is 0 Å². The second-order valence-electron chi connectivity index (χ2n) is 5.61. The molecule has 122 valence electrons. The second kappa shape index (κ2) is 9.60. The summed E-state index contributed by atoms with van der Waals surface area (Å²) in [6.07, 6.45) is 3.90. The van der Waals surface area contributed by atoms with E-state index in [0.717, 1.165) is 45.3 Å². The van der Waals surface area contributed by atoms with Crippen molar-refractivity contribution in [1.29, 1.82) is 0 Å². The van der Waals surface area contributed by atoms with Crippen LogP contribution in [0.3, 0.4) is 0 Å². The number of rotatable bonds is 8. The molecule has 1 atom stereocenters. The summed E-state index contributed by atoms with van der Waals surface area (Å²) in [7, 11) is 0. The first-order chi connectivity index (χ1) is 10.1. The van der Waals surface area contributed by atoms with Crippen molar-refractivity contribution in [2.24, 2.45) is 0 Å². The lowest BCUT2D eigenvalue weighted by Crippen LogP contribution is -2.50. The van der Waals surface area contributed by atoms with E-state index < -0.39 is 5.97 Å². The minimum atomic E-state index is -0.834. The molecule has 2 N–H and O–H groups in total. The molecule has 6 nitrogen and oxygen atoms in total. The van der Waals surface area contributed by atoms with E-state index in [9.17, 15) is 9.59 Å². The van der Waals surface area contributed by atoms with Crippen LogP contribution in [-0.4, -0.2) is 65.7 Å². The summed E-state index contributed by atoms with van der Waals surface area (Å²) in [5.41, 5.74) is 0. The van der Waals surface area contributed by atoms with Gasteiger partial charge in [-0.05, 0) is 38.8 Å². The summed E-state index contributed by atoms with van der Waals surface area (Å²) in [4.78, 5) is 27.1. The smallest absolute Gasteiger partial charge is 0.317 e. The van der Waals surface area contributed by atoms with Crippen LogP contribution in [0.1, 0.15) is 46.0 Å². The van der Waals surface area contributed by atoms with Crippen molar-refractivity contribution >= 4 is 12.0 Å². The molecular weight excluding hydrogens is 270 g/mol. The molecule has 1 heterocycles. The molecule has 2 amide bonds. The minimum Gasteiger partial charge on any atom is -0.481 e. The Morgan fingerprint density at radius 2 is 2.05 bits per heavy atom. The number of carboxylic acids is 1. The van der Waals surface area contributed by atoms with Gasteiger partial charge in [-0.3, -0.25) is 4.79 Å². The number of carbonyl (C=O) groups excluding carboxylic acids is 1. The third-order valence-electron chi connectivity index (χ3n) is 3.99. The fourth-order valence-electron chi connectivity index (χ4n) is 2.85. The van der Waals surface area contributed by atoms with Gasteiger partial charge in [0.05, 0.1) is 6.42 Å². The largest absolute Gasteiger partial charge is 0.481 e. The zero-order chi connectivity index (χ0) is 15.7. The average Bonchev–Trinajstić information content (AvgIpc) is 2.46. The van der Waals surface area contributed by atoms with E-state index in [0.29, 0.717) is 13.1 Å². The summed E-state index contributed by atoms with van der Waals surface area (Å²) in [6.45, 7) is 8.40. The maximum Gasteiger partial charge on any atom is 0.317 e. The number of hydrogen-bond acceptors (Lipinski definition) is 3. The van der Waals surface area contributed by atoms with Crippen LogP contribution in [0.25, 0.3) is 0 Å². The molecule has 1 rings (SSSR count). The third-order valence-corrected chi connectivity index (χ3v) is 3.99. The van der Waals surface area contributed by atoms with Crippen LogP contribution >= 0.6 is 0 Å². The zero-order valence-electron chi connectivity index (χ0n) is 13.3. The number of nitrogens with zero attached hydrogens (tertiary/aromatic N) is 2. The molecule has 1 fully saturated rings. The van der Waals surface area contributed by atoms with Crippen molar-refractivity contribution in [2.45, 2.75) is 52.0 Å². The quantitative estimate of drug-likeness (QED) is 0.716. The lowest BCUT2D eigenvalue weighted by molar-refractivity contribution is -0.138. The Morgan fingerprint density at radius 3 is 2.67 bits per heavy atom. The highest BCUT2D eigenvalue weighted by Gasteiger charge is 2.28. The number of carbonyl (C=O) groups is 2. The standard InChI is InChI=1S/C15H29N3O3/c1-3-9-17(4-2)11-8-16-15(21)18-10-6-5-7-13(18)12-14(19)20/h13H,3-12H2,1-2H3,(H,16,21)(H,19,20). The molecule has 1 aliphatic rings. The molecule has 0 radical (unpaired) electrons. The van der Waals surface area contributed by atoms with Gasteiger partial charge in [-0.1, -0.05) is 13.8 Å². The van der Waals surface area contributed by atoms with E-state index in [-0.39, 0.29) is 18.5 Å². The maximum atomic E-state index is 12.2. The number of nitrogens with one attached hydrogen (secondary N) is 1. The highest BCUT2D eigenvalue weighted by Crippen LogP contribution is 2.19. The van der Waals surface area contributed by atoms with Gasteiger partial charge in [-0.15, -0.1) is 0 Å². The topological polar surface area (TPSA) is 72.9 Å². The number of urea groups is 1. The van der Waals surface area contributed by atoms with E-state index in [1.807, 2.05) is 0 Å². The SMILES string of the molecule is CCCN(CC)CCNC(=O)N1CCCCC1CC(=O)O. The van der Waals surface area contributed by atoms with Gasteiger partial charge in [0.15, 0.2) is 0 Å². The minimum absolute atomic E-state index is 0.0460. The summed E-state index contributed by atoms with van der Waals surface area (Å²) in [5, 5.41) is 11.9. The van der Waals surface area contributed by atoms with E-state index in [1.54, 1.807) is 4.90 Å². The molecule has 0 aliphatic carbocycles. The van der Waals surface area contributed by atoms with Gasteiger partial charge < -0.3 is 20.2 Å². The van der Waals surface area contributed by atoms with Crippen LogP contribution in [0, 0.1) is 0 Å². The fraction of sp³-hybridized carbons (Fsp3) is 0.867. The molecule has 0 aromatic carbocycles. The van der Waals surface area contributed by atoms with Crippen molar-refractivity contribution < 1.29 is 14.7 Å². The zero-order valence-corrected chi connectivity index (χ0v) is 13.3. The number of amides is 2. The molecule has 21 heavy (non-hydrogen) atoms. The molecule has 0 saturated carbocycles. The predicted octanol–water partition coefficient (Wildman–Crippen LogP) is 1.76. The van der Waals surface area contributed by atoms with Gasteiger partial charge >= 0.3 is 12.0 Å². The second-order valence-corrected chi connectivity index (χ2v) is 5.61. The number of likely N-dealkylation sites (tertiary alicyclic amines) is 1. The lowest BCUT2D eigenvalue weighted by Gasteiger charge is -2.35. The van der Waals surface area contributed by atoms with Gasteiger partial charge in [0.1, 0.15) is 0 Å². The van der Waals surface area contributed by atoms with Gasteiger partial charge in [-0.2, -0.15) is 0 Å². The van der Waals surface area contributed by atoms with Crippen molar-refractivity contribution in [2.75, 3.05) is 32.7 Å². The molecule has 1 unspecified atom stereocenters. The number of likely N-dealkylation sites (N-methyl/N-ethyl adjacent to an activating group) is 1. The molecule has 0 bridgehead atoms. The summed E-state index contributed by atoms with van der Waals surface area (Å²) in [6, 6.07) is -0.275. The Balaban J connectivity index is 2.39. The summed E-state index contributed by atoms with van der Waals surface area (Å²) < 4.78 is 0. The highest BCUT2D eigenvalue weighted by molar-refractivity contribution is 5.76.